The molecule has 0 aliphatic carbocycles. The maximum Gasteiger partial charge on any atom is 0.221 e. The van der Waals surface area contributed by atoms with E-state index in [-0.39, 0.29) is 11.6 Å². The highest BCUT2D eigenvalue weighted by atomic mass is 19.1. The van der Waals surface area contributed by atoms with Crippen LogP contribution < -0.4 is 10.6 Å². The second-order valence-electron chi connectivity index (χ2n) is 4.81. The molecule has 5 heteroatoms. The zero-order chi connectivity index (χ0) is 13.7. The van der Waals surface area contributed by atoms with Crippen molar-refractivity contribution < 1.29 is 13.9 Å². The summed E-state index contributed by atoms with van der Waals surface area (Å²) in [6.07, 6.45) is 2.10. The monoisotopic (exact) mass is 266 g/mol. The fourth-order valence-corrected chi connectivity index (χ4v) is 2.13. The molecule has 0 aromatic heterocycles. The predicted octanol–water partition coefficient (Wildman–Crippen LogP) is 2.62. The molecule has 1 aliphatic heterocycles. The third kappa shape index (κ3) is 4.21. The van der Waals surface area contributed by atoms with Crippen molar-refractivity contribution in [1.82, 2.24) is 0 Å². The van der Waals surface area contributed by atoms with E-state index in [1.54, 1.807) is 12.1 Å². The van der Waals surface area contributed by atoms with E-state index in [1.807, 2.05) is 0 Å². The van der Waals surface area contributed by atoms with Crippen molar-refractivity contribution in [2.45, 2.75) is 19.8 Å². The molecule has 1 saturated heterocycles. The number of hydrogen-bond acceptors (Lipinski definition) is 3. The first-order chi connectivity index (χ1) is 9.15. The van der Waals surface area contributed by atoms with Gasteiger partial charge in [-0.15, -0.1) is 0 Å². The van der Waals surface area contributed by atoms with Crippen molar-refractivity contribution in [3.05, 3.63) is 24.0 Å². The molecule has 1 aromatic rings. The highest BCUT2D eigenvalue weighted by Crippen LogP contribution is 2.21. The van der Waals surface area contributed by atoms with Crippen LogP contribution in [0.5, 0.6) is 0 Å². The molecule has 104 valence electrons. The molecule has 0 atom stereocenters. The minimum Gasteiger partial charge on any atom is -0.385 e. The van der Waals surface area contributed by atoms with E-state index in [2.05, 4.69) is 10.6 Å². The summed E-state index contributed by atoms with van der Waals surface area (Å²) in [7, 11) is 0. The molecule has 0 spiro atoms. The summed E-state index contributed by atoms with van der Waals surface area (Å²) in [5.74, 6) is -0.115. The van der Waals surface area contributed by atoms with Crippen molar-refractivity contribution in [2.75, 3.05) is 30.4 Å². The third-order valence-corrected chi connectivity index (χ3v) is 3.21. The first kappa shape index (κ1) is 13.8. The van der Waals surface area contributed by atoms with Crippen molar-refractivity contribution >= 4 is 17.3 Å². The van der Waals surface area contributed by atoms with Gasteiger partial charge in [0.05, 0.1) is 5.69 Å². The SMILES string of the molecule is CC(=O)Nc1cc(NCC2CCOCC2)ccc1F. The van der Waals surface area contributed by atoms with Gasteiger partial charge in [-0.05, 0) is 37.0 Å². The quantitative estimate of drug-likeness (QED) is 0.880. The molecule has 2 N–H and O–H groups in total. The molecular formula is C14H19FN2O2. The molecule has 1 aliphatic rings. The third-order valence-electron chi connectivity index (χ3n) is 3.21. The molecule has 0 unspecified atom stereocenters. The number of carbonyl (C=O) groups is 1. The first-order valence-corrected chi connectivity index (χ1v) is 6.54. The number of amides is 1. The first-order valence-electron chi connectivity index (χ1n) is 6.54. The molecular weight excluding hydrogens is 247 g/mol. The summed E-state index contributed by atoms with van der Waals surface area (Å²) in [5.41, 5.74) is 1.03. The molecule has 1 amide bonds. The predicted molar refractivity (Wildman–Crippen MR) is 72.7 cm³/mol. The van der Waals surface area contributed by atoms with Crippen LogP contribution in [-0.2, 0) is 9.53 Å². The van der Waals surface area contributed by atoms with E-state index >= 15 is 0 Å². The number of rotatable bonds is 4. The molecule has 19 heavy (non-hydrogen) atoms. The Morgan fingerprint density at radius 1 is 1.42 bits per heavy atom. The zero-order valence-electron chi connectivity index (χ0n) is 11.0. The van der Waals surface area contributed by atoms with E-state index in [4.69, 9.17) is 4.74 Å². The second kappa shape index (κ2) is 6.52. The largest absolute Gasteiger partial charge is 0.385 e. The van der Waals surface area contributed by atoms with Gasteiger partial charge in [-0.2, -0.15) is 0 Å². The molecule has 1 heterocycles. The maximum absolute atomic E-state index is 13.5. The van der Waals surface area contributed by atoms with Gasteiger partial charge < -0.3 is 15.4 Å². The van der Waals surface area contributed by atoms with Gasteiger partial charge in [0.15, 0.2) is 0 Å². The molecule has 1 aromatic carbocycles. The topological polar surface area (TPSA) is 50.4 Å². The molecule has 0 bridgehead atoms. The lowest BCUT2D eigenvalue weighted by Crippen LogP contribution is -2.22. The summed E-state index contributed by atoms with van der Waals surface area (Å²) in [4.78, 5) is 11.0. The molecule has 2 rings (SSSR count). The van der Waals surface area contributed by atoms with E-state index in [1.165, 1.54) is 13.0 Å². The minimum absolute atomic E-state index is 0.212. The molecule has 0 radical (unpaired) electrons. The highest BCUT2D eigenvalue weighted by Gasteiger charge is 2.13. The lowest BCUT2D eigenvalue weighted by atomic mass is 10.0. The number of halogens is 1. The Bertz CT molecular complexity index is 445. The average molecular weight is 266 g/mol. The van der Waals surface area contributed by atoms with Gasteiger partial charge in [-0.3, -0.25) is 4.79 Å². The number of benzene rings is 1. The fraction of sp³-hybridized carbons (Fsp3) is 0.500. The van der Waals surface area contributed by atoms with Crippen LogP contribution in [0.1, 0.15) is 19.8 Å². The van der Waals surface area contributed by atoms with Gasteiger partial charge in [-0.1, -0.05) is 0 Å². The molecule has 4 nitrogen and oxygen atoms in total. The number of anilines is 2. The van der Waals surface area contributed by atoms with Crippen molar-refractivity contribution in [3.63, 3.8) is 0 Å². The lowest BCUT2D eigenvalue weighted by molar-refractivity contribution is -0.114. The summed E-state index contributed by atoms with van der Waals surface area (Å²) in [6, 6.07) is 4.66. The summed E-state index contributed by atoms with van der Waals surface area (Å²) in [5, 5.41) is 5.76. The van der Waals surface area contributed by atoms with Crippen LogP contribution in [0.15, 0.2) is 18.2 Å². The summed E-state index contributed by atoms with van der Waals surface area (Å²) >= 11 is 0. The fourth-order valence-electron chi connectivity index (χ4n) is 2.13. The average Bonchev–Trinajstić information content (AvgIpc) is 2.40. The Morgan fingerprint density at radius 2 is 2.16 bits per heavy atom. The Balaban J connectivity index is 1.94. The Kier molecular flexibility index (Phi) is 4.74. The lowest BCUT2D eigenvalue weighted by Gasteiger charge is -2.22. The van der Waals surface area contributed by atoms with Crippen LogP contribution >= 0.6 is 0 Å². The number of hydrogen-bond donors (Lipinski definition) is 2. The van der Waals surface area contributed by atoms with Crippen LogP contribution in [0.4, 0.5) is 15.8 Å². The van der Waals surface area contributed by atoms with Crippen LogP contribution in [0.25, 0.3) is 0 Å². The van der Waals surface area contributed by atoms with Crippen molar-refractivity contribution in [2.24, 2.45) is 5.92 Å². The standard InChI is InChI=1S/C14H19FN2O2/c1-10(18)17-14-8-12(2-3-13(14)15)16-9-11-4-6-19-7-5-11/h2-3,8,11,16H,4-7,9H2,1H3,(H,17,18). The van der Waals surface area contributed by atoms with Gasteiger partial charge in [0, 0.05) is 32.4 Å². The van der Waals surface area contributed by atoms with E-state index in [0.717, 1.165) is 38.3 Å². The highest BCUT2D eigenvalue weighted by molar-refractivity contribution is 5.89. The Hall–Kier alpha value is -1.62. The van der Waals surface area contributed by atoms with Crippen LogP contribution in [0.3, 0.4) is 0 Å². The number of carbonyl (C=O) groups excluding carboxylic acids is 1. The van der Waals surface area contributed by atoms with Gasteiger partial charge >= 0.3 is 0 Å². The molecule has 0 saturated carbocycles. The number of ether oxygens (including phenoxy) is 1. The van der Waals surface area contributed by atoms with Crippen molar-refractivity contribution in [3.8, 4) is 0 Å². The summed E-state index contributed by atoms with van der Waals surface area (Å²) < 4.78 is 18.8. The number of nitrogens with one attached hydrogen (secondary N) is 2. The summed E-state index contributed by atoms with van der Waals surface area (Å²) in [6.45, 7) is 3.83. The van der Waals surface area contributed by atoms with Gasteiger partial charge in [-0.25, -0.2) is 4.39 Å². The second-order valence-corrected chi connectivity index (χ2v) is 4.81. The van der Waals surface area contributed by atoms with Crippen molar-refractivity contribution in [1.29, 1.82) is 0 Å². The minimum atomic E-state index is -0.424. The zero-order valence-corrected chi connectivity index (χ0v) is 11.0. The molecule has 1 fully saturated rings. The van der Waals surface area contributed by atoms with Crippen LogP contribution in [0, 0.1) is 11.7 Å². The van der Waals surface area contributed by atoms with E-state index in [0.29, 0.717) is 5.92 Å². The van der Waals surface area contributed by atoms with Gasteiger partial charge in [0.25, 0.3) is 0 Å². The maximum atomic E-state index is 13.5. The van der Waals surface area contributed by atoms with Gasteiger partial charge in [0.1, 0.15) is 5.82 Å². The Labute approximate surface area is 112 Å². The van der Waals surface area contributed by atoms with Crippen LogP contribution in [0.2, 0.25) is 0 Å². The Morgan fingerprint density at radius 3 is 2.84 bits per heavy atom. The normalized spacial score (nSPS) is 16.1. The smallest absolute Gasteiger partial charge is 0.221 e. The van der Waals surface area contributed by atoms with Gasteiger partial charge in [0.2, 0.25) is 5.91 Å². The van der Waals surface area contributed by atoms with E-state index < -0.39 is 5.82 Å². The van der Waals surface area contributed by atoms with E-state index in [9.17, 15) is 9.18 Å². The van der Waals surface area contributed by atoms with Crippen LogP contribution in [-0.4, -0.2) is 25.7 Å².